The fourth-order valence-electron chi connectivity index (χ4n) is 3.65. The molecule has 1 saturated carbocycles. The maximum atomic E-state index is 12.2. The molecule has 0 saturated heterocycles. The molecule has 0 aliphatic heterocycles. The molecule has 32 heavy (non-hydrogen) atoms. The quantitative estimate of drug-likeness (QED) is 0.617. The van der Waals surface area contributed by atoms with Gasteiger partial charge in [-0.1, -0.05) is 24.3 Å². The lowest BCUT2D eigenvalue weighted by Crippen LogP contribution is -2.43. The van der Waals surface area contributed by atoms with Crippen LogP contribution in [-0.2, 0) is 9.59 Å². The van der Waals surface area contributed by atoms with Crippen molar-refractivity contribution < 1.29 is 19.1 Å². The average molecular weight is 435 g/mol. The van der Waals surface area contributed by atoms with E-state index >= 15 is 0 Å². The summed E-state index contributed by atoms with van der Waals surface area (Å²) in [7, 11) is 3.25. The van der Waals surface area contributed by atoms with Crippen molar-refractivity contribution >= 4 is 24.0 Å². The van der Waals surface area contributed by atoms with Crippen molar-refractivity contribution in [1.82, 2.24) is 10.6 Å². The standard InChI is InChI=1S/C26H30N2O4/c1-31-23-13-3-19(4-14-23)7-17-25(29)27-21-9-11-22(12-10-21)28-26(30)18-8-20-5-15-24(32-2)16-6-20/h3-8,13-18,21-22H,9-12H2,1-2H3,(H,27,29)(H,28,30)/b17-7+,18-8+. The van der Waals surface area contributed by atoms with Gasteiger partial charge >= 0.3 is 0 Å². The van der Waals surface area contributed by atoms with Crippen LogP contribution in [0.1, 0.15) is 36.8 Å². The highest BCUT2D eigenvalue weighted by Crippen LogP contribution is 2.19. The summed E-state index contributed by atoms with van der Waals surface area (Å²) >= 11 is 0. The number of carbonyl (C=O) groups is 2. The summed E-state index contributed by atoms with van der Waals surface area (Å²) in [5.41, 5.74) is 1.88. The Balaban J connectivity index is 1.38. The van der Waals surface area contributed by atoms with Gasteiger partial charge in [-0.25, -0.2) is 0 Å². The number of rotatable bonds is 8. The summed E-state index contributed by atoms with van der Waals surface area (Å²) in [6.07, 6.45) is 10.1. The van der Waals surface area contributed by atoms with Gasteiger partial charge in [-0.05, 0) is 73.2 Å². The summed E-state index contributed by atoms with van der Waals surface area (Å²) in [5, 5.41) is 6.11. The molecule has 3 rings (SSSR count). The molecule has 2 amide bonds. The molecular formula is C26H30N2O4. The second-order valence-corrected chi connectivity index (χ2v) is 7.78. The molecule has 2 aromatic carbocycles. The van der Waals surface area contributed by atoms with E-state index in [1.165, 1.54) is 0 Å². The molecule has 6 nitrogen and oxygen atoms in total. The number of hydrogen-bond donors (Lipinski definition) is 2. The van der Waals surface area contributed by atoms with Crippen molar-refractivity contribution in [2.24, 2.45) is 0 Å². The van der Waals surface area contributed by atoms with E-state index in [1.54, 1.807) is 38.5 Å². The van der Waals surface area contributed by atoms with Crippen LogP contribution in [0, 0.1) is 0 Å². The molecule has 0 spiro atoms. The molecule has 0 heterocycles. The number of amides is 2. The molecule has 2 N–H and O–H groups in total. The van der Waals surface area contributed by atoms with Gasteiger partial charge in [-0.15, -0.1) is 0 Å². The summed E-state index contributed by atoms with van der Waals surface area (Å²) < 4.78 is 10.3. The lowest BCUT2D eigenvalue weighted by Gasteiger charge is -2.29. The van der Waals surface area contributed by atoms with Gasteiger partial charge in [0.15, 0.2) is 0 Å². The Kier molecular flexibility index (Phi) is 8.49. The van der Waals surface area contributed by atoms with Crippen LogP contribution in [0.4, 0.5) is 0 Å². The number of nitrogens with one attached hydrogen (secondary N) is 2. The zero-order chi connectivity index (χ0) is 22.8. The van der Waals surface area contributed by atoms with Crippen LogP contribution in [0.2, 0.25) is 0 Å². The van der Waals surface area contributed by atoms with Crippen LogP contribution in [0.3, 0.4) is 0 Å². The van der Waals surface area contributed by atoms with Crippen LogP contribution >= 0.6 is 0 Å². The molecule has 0 unspecified atom stereocenters. The van der Waals surface area contributed by atoms with E-state index in [0.29, 0.717) is 0 Å². The third kappa shape index (κ3) is 7.30. The van der Waals surface area contributed by atoms with Crippen LogP contribution < -0.4 is 20.1 Å². The topological polar surface area (TPSA) is 76.7 Å². The van der Waals surface area contributed by atoms with Gasteiger partial charge in [0.1, 0.15) is 11.5 Å². The second-order valence-electron chi connectivity index (χ2n) is 7.78. The zero-order valence-corrected chi connectivity index (χ0v) is 18.5. The molecule has 6 heteroatoms. The normalized spacial score (nSPS) is 18.4. The molecule has 0 atom stereocenters. The van der Waals surface area contributed by atoms with Crippen molar-refractivity contribution in [1.29, 1.82) is 0 Å². The predicted molar refractivity (Wildman–Crippen MR) is 126 cm³/mol. The van der Waals surface area contributed by atoms with Crippen molar-refractivity contribution in [3.63, 3.8) is 0 Å². The van der Waals surface area contributed by atoms with E-state index in [1.807, 2.05) is 48.5 Å². The fourth-order valence-corrected chi connectivity index (χ4v) is 3.65. The lowest BCUT2D eigenvalue weighted by atomic mass is 9.91. The first-order valence-corrected chi connectivity index (χ1v) is 10.8. The number of ether oxygens (including phenoxy) is 2. The SMILES string of the molecule is COc1ccc(/C=C/C(=O)NC2CCC(NC(=O)/C=C/c3ccc(OC)cc3)CC2)cc1. The van der Waals surface area contributed by atoms with Crippen molar-refractivity contribution in [2.75, 3.05) is 14.2 Å². The van der Waals surface area contributed by atoms with Gasteiger partial charge in [-0.3, -0.25) is 9.59 Å². The van der Waals surface area contributed by atoms with Crippen molar-refractivity contribution in [3.8, 4) is 11.5 Å². The molecule has 0 bridgehead atoms. The first-order chi connectivity index (χ1) is 15.6. The van der Waals surface area contributed by atoms with E-state index < -0.39 is 0 Å². The summed E-state index contributed by atoms with van der Waals surface area (Å²) in [6.45, 7) is 0. The smallest absolute Gasteiger partial charge is 0.244 e. The van der Waals surface area contributed by atoms with Crippen molar-refractivity contribution in [2.45, 2.75) is 37.8 Å². The highest BCUT2D eigenvalue weighted by molar-refractivity contribution is 5.92. The first kappa shape index (κ1) is 23.1. The summed E-state index contributed by atoms with van der Waals surface area (Å²) in [4.78, 5) is 24.4. The molecule has 1 fully saturated rings. The largest absolute Gasteiger partial charge is 0.497 e. The van der Waals surface area contributed by atoms with Gasteiger partial charge < -0.3 is 20.1 Å². The Morgan fingerprint density at radius 1 is 0.688 bits per heavy atom. The summed E-state index contributed by atoms with van der Waals surface area (Å²) in [6, 6.07) is 15.3. The maximum absolute atomic E-state index is 12.2. The first-order valence-electron chi connectivity index (χ1n) is 10.8. The Labute approximate surface area is 189 Å². The number of hydrogen-bond acceptors (Lipinski definition) is 4. The van der Waals surface area contributed by atoms with Gasteiger partial charge in [0, 0.05) is 24.2 Å². The third-order valence-corrected chi connectivity index (χ3v) is 5.51. The van der Waals surface area contributed by atoms with E-state index in [-0.39, 0.29) is 23.9 Å². The minimum atomic E-state index is -0.101. The number of carbonyl (C=O) groups excluding carboxylic acids is 2. The molecule has 0 aromatic heterocycles. The number of methoxy groups -OCH3 is 2. The zero-order valence-electron chi connectivity index (χ0n) is 18.5. The van der Waals surface area contributed by atoms with Gasteiger partial charge in [0.2, 0.25) is 11.8 Å². The minimum absolute atomic E-state index is 0.101. The molecular weight excluding hydrogens is 404 g/mol. The predicted octanol–water partition coefficient (Wildman–Crippen LogP) is 3.97. The van der Waals surface area contributed by atoms with Gasteiger partial charge in [-0.2, -0.15) is 0 Å². The van der Waals surface area contributed by atoms with E-state index in [2.05, 4.69) is 10.6 Å². The average Bonchev–Trinajstić information content (AvgIpc) is 2.83. The van der Waals surface area contributed by atoms with Crippen LogP contribution in [-0.4, -0.2) is 38.1 Å². The lowest BCUT2D eigenvalue weighted by molar-refractivity contribution is -0.118. The summed E-state index contributed by atoms with van der Waals surface area (Å²) in [5.74, 6) is 1.37. The Hall–Kier alpha value is -3.54. The molecule has 168 valence electrons. The monoisotopic (exact) mass is 434 g/mol. The molecule has 1 aliphatic rings. The third-order valence-electron chi connectivity index (χ3n) is 5.51. The fraction of sp³-hybridized carbons (Fsp3) is 0.308. The van der Waals surface area contributed by atoms with Crippen LogP contribution in [0.25, 0.3) is 12.2 Å². The van der Waals surface area contributed by atoms with Gasteiger partial charge in [0.25, 0.3) is 0 Å². The molecule has 2 aromatic rings. The van der Waals surface area contributed by atoms with Crippen molar-refractivity contribution in [3.05, 3.63) is 71.8 Å². The second kappa shape index (κ2) is 11.7. The Morgan fingerprint density at radius 2 is 1.03 bits per heavy atom. The minimum Gasteiger partial charge on any atom is -0.497 e. The van der Waals surface area contributed by atoms with E-state index in [9.17, 15) is 9.59 Å². The molecule has 0 radical (unpaired) electrons. The highest BCUT2D eigenvalue weighted by Gasteiger charge is 2.22. The van der Waals surface area contributed by atoms with E-state index in [4.69, 9.17) is 9.47 Å². The molecule has 1 aliphatic carbocycles. The van der Waals surface area contributed by atoms with Crippen LogP contribution in [0.15, 0.2) is 60.7 Å². The maximum Gasteiger partial charge on any atom is 0.244 e. The highest BCUT2D eigenvalue weighted by atomic mass is 16.5. The Morgan fingerprint density at radius 3 is 1.34 bits per heavy atom. The van der Waals surface area contributed by atoms with Gasteiger partial charge in [0.05, 0.1) is 14.2 Å². The van der Waals surface area contributed by atoms with E-state index in [0.717, 1.165) is 48.3 Å². The Bertz CT molecular complexity index is 861. The van der Waals surface area contributed by atoms with Crippen LogP contribution in [0.5, 0.6) is 11.5 Å². The number of benzene rings is 2.